The van der Waals surface area contributed by atoms with Crippen molar-refractivity contribution >= 4 is 120 Å². The van der Waals surface area contributed by atoms with Crippen LogP contribution < -0.4 is 91.1 Å². The molecule has 0 spiro atoms. The van der Waals surface area contributed by atoms with E-state index >= 15 is 0 Å². The van der Waals surface area contributed by atoms with Gasteiger partial charge in [-0.2, -0.15) is 0 Å². The van der Waals surface area contributed by atoms with E-state index in [-0.39, 0.29) is 88.7 Å². The number of carbonyl (C=O) groups excluding carboxylic acids is 18. The topological polar surface area (TPSA) is 751 Å². The molecule has 706 valence electrons. The number of aromatic amines is 1. The van der Waals surface area contributed by atoms with Crippen LogP contribution in [0.15, 0.2) is 61.1 Å². The molecule has 2 aliphatic heterocycles. The zero-order valence-corrected chi connectivity index (χ0v) is 73.1. The summed E-state index contributed by atoms with van der Waals surface area (Å²) >= 11 is 0. The number of nitrogens with one attached hydrogen (secondary N) is 14. The number of hydrogen-bond donors (Lipinski definition) is 23. The highest BCUT2D eigenvalue weighted by atomic mass is 31.2. The number of H-pyrrole nitrogens is 1. The number of phosphoric acid groups is 1. The molecule has 2 aliphatic rings. The molecule has 3 heterocycles. The first-order valence-electron chi connectivity index (χ1n) is 41.1. The summed E-state index contributed by atoms with van der Waals surface area (Å²) in [6.07, 6.45) is -4.36. The highest BCUT2D eigenvalue weighted by Crippen LogP contribution is 2.38. The molecule has 0 unspecified atom stereocenters. The zero-order valence-electron chi connectivity index (χ0n) is 72.2. The van der Waals surface area contributed by atoms with Gasteiger partial charge in [0.2, 0.25) is 106 Å². The van der Waals surface area contributed by atoms with Crippen molar-refractivity contribution < 1.29 is 135 Å². The Labute approximate surface area is 735 Å². The van der Waals surface area contributed by atoms with Crippen LogP contribution in [-0.4, -0.2) is 292 Å². The molecule has 0 bridgehead atoms. The molecule has 0 radical (unpaired) electrons. The van der Waals surface area contributed by atoms with Crippen molar-refractivity contribution in [1.29, 1.82) is 0 Å². The molecule has 2 saturated heterocycles. The lowest BCUT2D eigenvalue weighted by Crippen LogP contribution is -2.63. The maximum atomic E-state index is 14.9. The van der Waals surface area contributed by atoms with Crippen LogP contribution >= 0.6 is 7.82 Å². The number of benzene rings is 2. The molecule has 0 saturated carbocycles. The lowest BCUT2D eigenvalue weighted by atomic mass is 9.96. The second-order valence-electron chi connectivity index (χ2n) is 31.6. The van der Waals surface area contributed by atoms with Crippen LogP contribution in [0.5, 0.6) is 11.5 Å². The van der Waals surface area contributed by atoms with Crippen LogP contribution in [-0.2, 0) is 119 Å². The van der Waals surface area contributed by atoms with Crippen LogP contribution in [0, 0.1) is 11.8 Å². The smallest absolute Gasteiger partial charge is 0.469 e. The number of methoxy groups -OCH3 is 1. The van der Waals surface area contributed by atoms with Crippen molar-refractivity contribution in [3.8, 4) is 11.5 Å². The van der Waals surface area contributed by atoms with Gasteiger partial charge < -0.3 is 136 Å². The van der Waals surface area contributed by atoms with Crippen molar-refractivity contribution in [2.45, 2.75) is 249 Å². The second-order valence-corrected chi connectivity index (χ2v) is 32.8. The molecule has 18 atom stereocenters. The van der Waals surface area contributed by atoms with Gasteiger partial charge in [-0.05, 0) is 113 Å². The van der Waals surface area contributed by atoms with Gasteiger partial charge in [0.05, 0.1) is 45.1 Å². The number of aliphatic carboxylic acids is 1. The number of carboxylic acids is 1. The van der Waals surface area contributed by atoms with E-state index < -0.39 is 261 Å². The Morgan fingerprint density at radius 2 is 1.01 bits per heavy atom. The Bertz CT molecular complexity index is 4500. The number of aliphatic hydroxyl groups excluding tert-OH is 2. The fourth-order valence-corrected chi connectivity index (χ4v) is 14.4. The van der Waals surface area contributed by atoms with E-state index in [9.17, 15) is 126 Å². The van der Waals surface area contributed by atoms with Crippen LogP contribution in [0.4, 0.5) is 0 Å². The summed E-state index contributed by atoms with van der Waals surface area (Å²) in [6.45, 7) is 10.5. The fourth-order valence-electron chi connectivity index (χ4n) is 13.8. The van der Waals surface area contributed by atoms with Gasteiger partial charge in [0.1, 0.15) is 102 Å². The molecule has 26 N–H and O–H groups in total. The highest BCUT2D eigenvalue weighted by molar-refractivity contribution is 7.46. The minimum Gasteiger partial charge on any atom is -0.508 e. The first-order chi connectivity index (χ1) is 60.0. The number of aromatic hydroxyl groups is 1. The maximum absolute atomic E-state index is 14.9. The number of amides is 18. The molecule has 2 aromatic carbocycles. The first kappa shape index (κ1) is 106. The lowest BCUT2D eigenvalue weighted by molar-refractivity contribution is -0.150. The number of phenolic OH excluding ortho intramolecular Hbond substituents is 1. The summed E-state index contributed by atoms with van der Waals surface area (Å²) in [5.74, 6) is -21.4. The summed E-state index contributed by atoms with van der Waals surface area (Å²) in [5, 5.41) is 72.7. The van der Waals surface area contributed by atoms with Crippen molar-refractivity contribution in [2.75, 3.05) is 26.8 Å². The van der Waals surface area contributed by atoms with Crippen molar-refractivity contribution in [2.24, 2.45) is 29.0 Å². The van der Waals surface area contributed by atoms with Crippen molar-refractivity contribution in [3.63, 3.8) is 0 Å². The third-order valence-corrected chi connectivity index (χ3v) is 21.4. The quantitative estimate of drug-likeness (QED) is 0.0234. The van der Waals surface area contributed by atoms with Gasteiger partial charge in [-0.15, -0.1) is 0 Å². The van der Waals surface area contributed by atoms with E-state index in [0.29, 0.717) is 16.9 Å². The minimum absolute atomic E-state index is 0.00477. The van der Waals surface area contributed by atoms with Gasteiger partial charge in [-0.1, -0.05) is 58.4 Å². The molecule has 3 aromatic rings. The Hall–Kier alpha value is -12.8. The summed E-state index contributed by atoms with van der Waals surface area (Å²) in [7, 11) is -4.16. The van der Waals surface area contributed by atoms with Gasteiger partial charge in [-0.25, -0.2) is 9.55 Å². The summed E-state index contributed by atoms with van der Waals surface area (Å²) in [4.78, 5) is 288. The Kier molecular flexibility index (Phi) is 41.3. The Morgan fingerprint density at radius 1 is 0.539 bits per heavy atom. The van der Waals surface area contributed by atoms with Crippen LogP contribution in [0.25, 0.3) is 0 Å². The predicted octanol–water partition coefficient (Wildman–Crippen LogP) is -7.44. The Balaban J connectivity index is 1.33. The fraction of sp³-hybridized carbons (Fsp3) is 0.570. The molecule has 5 rings (SSSR count). The molecular weight excluding hydrogens is 1710 g/mol. The number of aromatic nitrogens is 2. The number of carboxylic acid groups (broad SMARTS) is 1. The SMILES string of the molecule is CC[C@H](C)[C@H](NC(=O)[C@H](C)NC(=O)[C@@H](NC(=O)[C@H](CO)NC(=O)[C@H](Cc1cnc[nH]1)NC(=O)[C@H](CC(C)C)NC(=O)[C@@H]1CCCN1C(=O)[C@@H]1CCCN1C(=O)[C@H](CC(=O)O)NC(=O)[C@H](Cc1ccc(OC)cc1)NC(=O)[C@@H](NC(=O)[C@H](CCC(N)=O)NC(C)=O)[C@@H](C)O)[C@@H](C)OP(=O)(O)O)C(=O)N[C@@H](Cc1ccc(O)cc1)C(=O)N[C@@H](C)C(=O)N[C@@H](CC(N)=O)C(N)=O. The molecule has 48 nitrogen and oxygen atoms in total. The number of nitrogens with two attached hydrogens (primary N) is 3. The van der Waals surface area contributed by atoms with Gasteiger partial charge in [0, 0.05) is 57.6 Å². The number of phosphoric ester groups is 1. The molecule has 18 amide bonds. The van der Waals surface area contributed by atoms with Gasteiger partial charge in [0.25, 0.3) is 0 Å². The largest absolute Gasteiger partial charge is 0.508 e. The van der Waals surface area contributed by atoms with Gasteiger partial charge in [-0.3, -0.25) is 95.6 Å². The molecule has 2 fully saturated rings. The van der Waals surface area contributed by atoms with E-state index in [2.05, 4.69) is 79.1 Å². The monoisotopic (exact) mass is 1820 g/mol. The lowest BCUT2D eigenvalue weighted by Gasteiger charge is -2.33. The number of ether oxygens (including phenoxy) is 1. The number of primary amides is 3. The molecule has 49 heteroatoms. The summed E-state index contributed by atoms with van der Waals surface area (Å²) in [5.41, 5.74) is 16.7. The number of carbonyl (C=O) groups is 19. The van der Waals surface area contributed by atoms with E-state index in [4.69, 9.17) is 26.5 Å². The van der Waals surface area contributed by atoms with Gasteiger partial charge >= 0.3 is 13.8 Å². The normalized spacial score (nSPS) is 17.5. The number of imidazole rings is 1. The van der Waals surface area contributed by atoms with E-state index in [1.807, 2.05) is 0 Å². The predicted molar refractivity (Wildman–Crippen MR) is 446 cm³/mol. The van der Waals surface area contributed by atoms with E-state index in [1.54, 1.807) is 20.8 Å². The van der Waals surface area contributed by atoms with Crippen LogP contribution in [0.1, 0.15) is 143 Å². The maximum Gasteiger partial charge on any atom is 0.469 e. The third-order valence-electron chi connectivity index (χ3n) is 20.8. The second kappa shape index (κ2) is 49.9. The van der Waals surface area contributed by atoms with Crippen molar-refractivity contribution in [3.05, 3.63) is 77.9 Å². The van der Waals surface area contributed by atoms with E-state index in [0.717, 1.165) is 32.6 Å². The average Bonchev–Trinajstić information content (AvgIpc) is 1.64. The number of hydrogen-bond acceptors (Lipinski definition) is 26. The van der Waals surface area contributed by atoms with E-state index in [1.165, 1.54) is 86.9 Å². The number of rotatable bonds is 51. The van der Waals surface area contributed by atoms with Crippen LogP contribution in [0.2, 0.25) is 0 Å². The molecular formula is C79H117N20O28P. The number of phenols is 1. The molecule has 0 aliphatic carbocycles. The zero-order chi connectivity index (χ0) is 95.9. The standard InChI is InChI=1S/C79H117N20O28P/c1-11-38(4)62(75(118)91-52(29-44-16-20-47(103)21-17-44)69(112)85-39(5)66(109)88-50(65(82)108)32-60(81)105)95-67(110)40(6)86-77(120)64(42(8)127-128(123,124)125)97-73(116)56(35-100)94-72(115)54(31-46-34-83-36-84-46)89-70(113)51(28-37(2)3)90-74(117)57-14-12-26-98(57)79(122)58-15-13-27-99(58)78(121)55(33-61(106)107)93-71(114)53(30-45-18-22-48(126-10)23-19-45)92-76(119)63(41(7)101)96-68(111)49(87-43(9)102)24-25-59(80)104/h16-23,34,36-42,49-58,62-64,100-101,103H,11-15,24-33,35H2,1-10H3,(H2,80,104)(H2,81,105)(H2,82,108)(H,83,84)(H,85,112)(H,86,120)(H,87,102)(H,88,109)(H,89,113)(H,90,117)(H,91,118)(H,92,119)(H,93,114)(H,94,115)(H,95,110)(H,96,111)(H,97,116)(H,106,107)(H2,123,124,125)/t38-,39-,40-,41+,42+,49-,50-,51-,52-,53-,54-,55-,56-,57-,58-,62-,63-,64-/m0/s1. The highest BCUT2D eigenvalue weighted by Gasteiger charge is 2.47. The number of likely N-dealkylation sites (tertiary alicyclic amines) is 2. The summed E-state index contributed by atoms with van der Waals surface area (Å²) < 4.78 is 22.3. The molecule has 128 heavy (non-hydrogen) atoms. The minimum atomic E-state index is -5.55. The summed E-state index contributed by atoms with van der Waals surface area (Å²) in [6, 6.07) is -13.5. The Morgan fingerprint density at radius 3 is 1.52 bits per heavy atom. The third kappa shape index (κ3) is 33.5. The van der Waals surface area contributed by atoms with Gasteiger partial charge in [0.15, 0.2) is 0 Å². The average molecular weight is 1830 g/mol. The van der Waals surface area contributed by atoms with Crippen molar-refractivity contribution in [1.82, 2.24) is 88.9 Å². The van der Waals surface area contributed by atoms with Crippen LogP contribution in [0.3, 0.4) is 0 Å². The first-order valence-corrected chi connectivity index (χ1v) is 42.6. The molecule has 1 aromatic heterocycles. The number of nitrogens with zero attached hydrogens (tertiary/aromatic N) is 3. The number of aliphatic hydroxyl groups is 2.